The number of aryl methyl sites for hydroxylation is 1. The minimum atomic E-state index is -3.20. The van der Waals surface area contributed by atoms with Crippen LogP contribution in [-0.2, 0) is 35.0 Å². The lowest BCUT2D eigenvalue weighted by Crippen LogP contribution is -2.38. The van der Waals surface area contributed by atoms with Crippen molar-refractivity contribution in [2.24, 2.45) is 4.99 Å². The van der Waals surface area contributed by atoms with Crippen molar-refractivity contribution in [2.75, 3.05) is 19.8 Å². The minimum Gasteiger partial charge on any atom is -0.356 e. The van der Waals surface area contributed by atoms with Crippen LogP contribution in [0.25, 0.3) is 0 Å². The topological polar surface area (TPSA) is 83.4 Å². The van der Waals surface area contributed by atoms with Gasteiger partial charge in [0.15, 0.2) is 15.8 Å². The maximum absolute atomic E-state index is 13.6. The molecular formula is C18H26FIN4O2S2. The van der Waals surface area contributed by atoms with Crippen LogP contribution >= 0.6 is 35.3 Å². The standard InChI is InChI=1S/C18H25FN4O2S2.HI/c1-4-17-23-16(11-26-17)7-8-21-18(20-2)22-10-14-9-15(19)6-5-13(14)12-27(3,24)25;/h5-6,9,11H,4,7-8,10,12H2,1-3H3,(H2,20,21,22);1H. The molecule has 0 radical (unpaired) electrons. The average Bonchev–Trinajstić information content (AvgIpc) is 3.07. The van der Waals surface area contributed by atoms with E-state index in [1.54, 1.807) is 18.4 Å². The Bertz CT molecular complexity index is 901. The van der Waals surface area contributed by atoms with E-state index in [-0.39, 0.29) is 36.3 Å². The lowest BCUT2D eigenvalue weighted by molar-refractivity contribution is 0.599. The highest BCUT2D eigenvalue weighted by molar-refractivity contribution is 14.0. The quantitative estimate of drug-likeness (QED) is 0.306. The number of nitrogens with one attached hydrogen (secondary N) is 2. The van der Waals surface area contributed by atoms with Gasteiger partial charge in [-0.05, 0) is 29.7 Å². The molecule has 0 saturated heterocycles. The van der Waals surface area contributed by atoms with Gasteiger partial charge in [0, 0.05) is 38.2 Å². The molecule has 0 bridgehead atoms. The van der Waals surface area contributed by atoms with Crippen molar-refractivity contribution in [1.82, 2.24) is 15.6 Å². The van der Waals surface area contributed by atoms with E-state index in [0.717, 1.165) is 29.8 Å². The molecule has 156 valence electrons. The van der Waals surface area contributed by atoms with Gasteiger partial charge in [-0.2, -0.15) is 0 Å². The van der Waals surface area contributed by atoms with Gasteiger partial charge in [0.1, 0.15) is 5.82 Å². The third-order valence-corrected chi connectivity index (χ3v) is 5.71. The smallest absolute Gasteiger partial charge is 0.191 e. The van der Waals surface area contributed by atoms with Gasteiger partial charge in [-0.1, -0.05) is 13.0 Å². The number of hydrogen-bond acceptors (Lipinski definition) is 5. The lowest BCUT2D eigenvalue weighted by Gasteiger charge is -2.14. The molecular weight excluding hydrogens is 514 g/mol. The maximum atomic E-state index is 13.6. The van der Waals surface area contributed by atoms with E-state index in [1.807, 2.05) is 0 Å². The Morgan fingerprint density at radius 3 is 2.64 bits per heavy atom. The van der Waals surface area contributed by atoms with Crippen LogP contribution in [0.4, 0.5) is 4.39 Å². The third kappa shape index (κ3) is 8.39. The second-order valence-electron chi connectivity index (χ2n) is 6.17. The van der Waals surface area contributed by atoms with E-state index in [2.05, 4.69) is 32.9 Å². The Balaban J connectivity index is 0.00000392. The van der Waals surface area contributed by atoms with Crippen LogP contribution in [-0.4, -0.2) is 39.2 Å². The van der Waals surface area contributed by atoms with Gasteiger partial charge in [-0.25, -0.2) is 17.8 Å². The van der Waals surface area contributed by atoms with Gasteiger partial charge in [-0.15, -0.1) is 35.3 Å². The first-order valence-electron chi connectivity index (χ1n) is 8.63. The minimum absolute atomic E-state index is 0. The van der Waals surface area contributed by atoms with Gasteiger partial charge < -0.3 is 10.6 Å². The Morgan fingerprint density at radius 1 is 1.29 bits per heavy atom. The molecule has 2 rings (SSSR count). The van der Waals surface area contributed by atoms with Crippen molar-refractivity contribution in [3.63, 3.8) is 0 Å². The average molecular weight is 540 g/mol. The van der Waals surface area contributed by atoms with E-state index in [0.29, 0.717) is 23.6 Å². The molecule has 1 heterocycles. The van der Waals surface area contributed by atoms with Crippen molar-refractivity contribution in [3.8, 4) is 0 Å². The molecule has 0 spiro atoms. The molecule has 6 nitrogen and oxygen atoms in total. The monoisotopic (exact) mass is 540 g/mol. The number of aromatic nitrogens is 1. The molecule has 0 atom stereocenters. The van der Waals surface area contributed by atoms with E-state index in [4.69, 9.17) is 0 Å². The van der Waals surface area contributed by atoms with Crippen LogP contribution in [0.2, 0.25) is 0 Å². The molecule has 1 aromatic carbocycles. The largest absolute Gasteiger partial charge is 0.356 e. The maximum Gasteiger partial charge on any atom is 0.191 e. The van der Waals surface area contributed by atoms with Crippen molar-refractivity contribution in [1.29, 1.82) is 0 Å². The summed E-state index contributed by atoms with van der Waals surface area (Å²) in [5.41, 5.74) is 2.22. The van der Waals surface area contributed by atoms with Crippen molar-refractivity contribution in [2.45, 2.75) is 32.1 Å². The molecule has 0 aliphatic carbocycles. The van der Waals surface area contributed by atoms with E-state index < -0.39 is 15.7 Å². The number of halogens is 2. The number of thiazole rings is 1. The lowest BCUT2D eigenvalue weighted by atomic mass is 10.1. The molecule has 0 aliphatic heterocycles. The zero-order valence-corrected chi connectivity index (χ0v) is 20.1. The molecule has 0 fully saturated rings. The molecule has 2 aromatic rings. The third-order valence-electron chi connectivity index (χ3n) is 3.83. The van der Waals surface area contributed by atoms with E-state index in [1.165, 1.54) is 18.2 Å². The summed E-state index contributed by atoms with van der Waals surface area (Å²) in [5, 5.41) is 9.47. The normalized spacial score (nSPS) is 11.8. The van der Waals surface area contributed by atoms with Gasteiger partial charge in [0.05, 0.1) is 16.5 Å². The zero-order valence-electron chi connectivity index (χ0n) is 16.2. The molecule has 10 heteroatoms. The number of guanidine groups is 1. The Labute approximate surface area is 187 Å². The first-order chi connectivity index (χ1) is 12.8. The highest BCUT2D eigenvalue weighted by Gasteiger charge is 2.11. The van der Waals surface area contributed by atoms with Crippen molar-refractivity contribution in [3.05, 3.63) is 51.2 Å². The first-order valence-corrected chi connectivity index (χ1v) is 11.6. The van der Waals surface area contributed by atoms with Crippen LogP contribution in [0.15, 0.2) is 28.6 Å². The number of sulfone groups is 1. The number of hydrogen-bond donors (Lipinski definition) is 2. The summed E-state index contributed by atoms with van der Waals surface area (Å²) in [6.45, 7) is 3.02. The molecule has 0 amide bonds. The van der Waals surface area contributed by atoms with Gasteiger partial charge in [0.25, 0.3) is 0 Å². The van der Waals surface area contributed by atoms with E-state index in [9.17, 15) is 12.8 Å². The van der Waals surface area contributed by atoms with E-state index >= 15 is 0 Å². The fraction of sp³-hybridized carbons (Fsp3) is 0.444. The Morgan fingerprint density at radius 2 is 2.04 bits per heavy atom. The van der Waals surface area contributed by atoms with Crippen molar-refractivity contribution >= 4 is 51.1 Å². The zero-order chi connectivity index (χ0) is 19.9. The van der Waals surface area contributed by atoms with Crippen molar-refractivity contribution < 1.29 is 12.8 Å². The van der Waals surface area contributed by atoms with Crippen LogP contribution < -0.4 is 10.6 Å². The van der Waals surface area contributed by atoms with Crippen LogP contribution in [0.5, 0.6) is 0 Å². The summed E-state index contributed by atoms with van der Waals surface area (Å²) in [6, 6.07) is 4.13. The van der Waals surface area contributed by atoms with Crippen LogP contribution in [0.1, 0.15) is 28.8 Å². The summed E-state index contributed by atoms with van der Waals surface area (Å²) >= 11 is 1.66. The fourth-order valence-electron chi connectivity index (χ4n) is 2.52. The number of aliphatic imine (C=N–C) groups is 1. The second-order valence-corrected chi connectivity index (χ2v) is 9.25. The Hall–Kier alpha value is -1.27. The van der Waals surface area contributed by atoms with Gasteiger partial charge >= 0.3 is 0 Å². The first kappa shape index (κ1) is 24.8. The highest BCUT2D eigenvalue weighted by atomic mass is 127. The predicted molar refractivity (Wildman–Crippen MR) is 124 cm³/mol. The molecule has 1 aromatic heterocycles. The van der Waals surface area contributed by atoms with Crippen LogP contribution in [0, 0.1) is 5.82 Å². The van der Waals surface area contributed by atoms with Gasteiger partial charge in [0.2, 0.25) is 0 Å². The fourth-order valence-corrected chi connectivity index (χ4v) is 4.14. The molecule has 0 unspecified atom stereocenters. The highest BCUT2D eigenvalue weighted by Crippen LogP contribution is 2.14. The number of benzene rings is 1. The summed E-state index contributed by atoms with van der Waals surface area (Å²) < 4.78 is 36.7. The molecule has 2 N–H and O–H groups in total. The van der Waals surface area contributed by atoms with Crippen LogP contribution in [0.3, 0.4) is 0 Å². The predicted octanol–water partition coefficient (Wildman–Crippen LogP) is 2.91. The summed E-state index contributed by atoms with van der Waals surface area (Å²) in [4.78, 5) is 8.67. The summed E-state index contributed by atoms with van der Waals surface area (Å²) in [6.07, 6.45) is 2.87. The summed E-state index contributed by atoms with van der Waals surface area (Å²) in [5.74, 6) is 0.0395. The Kier molecular flexibility index (Phi) is 10.3. The summed E-state index contributed by atoms with van der Waals surface area (Å²) in [7, 11) is -1.55. The van der Waals surface area contributed by atoms with Gasteiger partial charge in [-0.3, -0.25) is 4.99 Å². The number of rotatable bonds is 8. The molecule has 0 saturated carbocycles. The second kappa shape index (κ2) is 11.7. The molecule has 28 heavy (non-hydrogen) atoms. The molecule has 0 aliphatic rings. The number of nitrogens with zero attached hydrogens (tertiary/aromatic N) is 2. The SMILES string of the molecule is CCc1nc(CCNC(=NC)NCc2cc(F)ccc2CS(C)(=O)=O)cs1.I.